The lowest BCUT2D eigenvalue weighted by molar-refractivity contribution is -0.143. The van der Waals surface area contributed by atoms with Crippen LogP contribution in [0.1, 0.15) is 65.2 Å². The molecule has 1 aromatic heterocycles. The summed E-state index contributed by atoms with van der Waals surface area (Å²) in [4.78, 5) is 46.9. The smallest absolute Gasteiger partial charge is 0.346 e. The molecule has 11 heteroatoms. The fourth-order valence-electron chi connectivity index (χ4n) is 2.20. The number of aromatic amines is 1. The SMILES string of the molecule is C=CC(=O)O.CCCCCCNCCOC(=O)CCCCC.NC(=O)Nc1ccnc(=O)[nH]1. The number of esters is 1. The summed E-state index contributed by atoms with van der Waals surface area (Å²) in [5.41, 5.74) is 4.25. The number of unbranched alkanes of at least 4 members (excludes halogenated alkanes) is 5. The number of carbonyl (C=O) groups is 3. The Morgan fingerprint density at radius 1 is 1.15 bits per heavy atom. The molecule has 0 radical (unpaired) electrons. The molecule has 0 unspecified atom stereocenters. The summed E-state index contributed by atoms with van der Waals surface area (Å²) in [7, 11) is 0. The van der Waals surface area contributed by atoms with Gasteiger partial charge in [0, 0.05) is 25.2 Å². The minimum Gasteiger partial charge on any atom is -0.478 e. The van der Waals surface area contributed by atoms with Gasteiger partial charge in [0.15, 0.2) is 0 Å². The molecule has 0 bridgehead atoms. The molecule has 0 fully saturated rings. The van der Waals surface area contributed by atoms with E-state index in [4.69, 9.17) is 15.6 Å². The van der Waals surface area contributed by atoms with Crippen molar-refractivity contribution in [2.75, 3.05) is 25.0 Å². The van der Waals surface area contributed by atoms with E-state index in [9.17, 15) is 19.2 Å². The van der Waals surface area contributed by atoms with Crippen LogP contribution in [0.4, 0.5) is 10.6 Å². The number of ether oxygens (including phenoxy) is 1. The van der Waals surface area contributed by atoms with Gasteiger partial charge in [0.25, 0.3) is 0 Å². The lowest BCUT2D eigenvalue weighted by Crippen LogP contribution is -2.22. The topological polar surface area (TPSA) is 176 Å². The number of anilines is 1. The second-order valence-corrected chi connectivity index (χ2v) is 6.81. The number of nitrogens with zero attached hydrogens (tertiary/aromatic N) is 1. The summed E-state index contributed by atoms with van der Waals surface area (Å²) in [6.07, 6.45) is 11.0. The van der Waals surface area contributed by atoms with Gasteiger partial charge in [0.1, 0.15) is 12.4 Å². The van der Waals surface area contributed by atoms with Gasteiger partial charge in [-0.2, -0.15) is 0 Å². The van der Waals surface area contributed by atoms with Gasteiger partial charge in [-0.25, -0.2) is 19.4 Å². The maximum Gasteiger partial charge on any atom is 0.346 e. The standard InChI is InChI=1S/C14H29NO2.C5H6N4O2.C3H4O2/c1-3-5-7-9-11-15-12-13-17-14(16)10-8-6-4-2;6-4(10)8-3-1-2-7-5(11)9-3;1-2-3(4)5/h15H,3-13H2,1-2H3;1-2H,(H4,6,7,8,9,10,11);2H,1H2,(H,4,5). The van der Waals surface area contributed by atoms with E-state index in [-0.39, 0.29) is 11.8 Å². The van der Waals surface area contributed by atoms with Crippen LogP contribution in [0.5, 0.6) is 0 Å². The zero-order chi connectivity index (χ0) is 25.3. The van der Waals surface area contributed by atoms with Gasteiger partial charge in [-0.15, -0.1) is 0 Å². The van der Waals surface area contributed by atoms with E-state index in [1.165, 1.54) is 37.9 Å². The quantitative estimate of drug-likeness (QED) is 0.157. The van der Waals surface area contributed by atoms with E-state index in [0.29, 0.717) is 13.0 Å². The summed E-state index contributed by atoms with van der Waals surface area (Å²) < 4.78 is 5.11. The van der Waals surface area contributed by atoms with Crippen LogP contribution >= 0.6 is 0 Å². The highest BCUT2D eigenvalue weighted by Crippen LogP contribution is 2.00. The average Bonchev–Trinajstić information content (AvgIpc) is 2.76. The van der Waals surface area contributed by atoms with Crippen molar-refractivity contribution in [3.8, 4) is 0 Å². The number of carboxylic acids is 1. The van der Waals surface area contributed by atoms with Crippen molar-refractivity contribution in [2.24, 2.45) is 5.73 Å². The highest BCUT2D eigenvalue weighted by atomic mass is 16.5. The molecule has 0 aliphatic carbocycles. The molecule has 0 aliphatic heterocycles. The number of hydrogen-bond donors (Lipinski definition) is 5. The fraction of sp³-hybridized carbons (Fsp3) is 0.591. The number of hydrogen-bond acceptors (Lipinski definition) is 7. The van der Waals surface area contributed by atoms with Crippen molar-refractivity contribution in [1.82, 2.24) is 15.3 Å². The Bertz CT molecular complexity index is 723. The summed E-state index contributed by atoms with van der Waals surface area (Å²) in [6, 6.07) is 0.693. The number of nitrogens with two attached hydrogens (primary N) is 1. The van der Waals surface area contributed by atoms with Gasteiger partial charge < -0.3 is 20.9 Å². The van der Waals surface area contributed by atoms with Gasteiger partial charge in [0.05, 0.1) is 0 Å². The van der Waals surface area contributed by atoms with Crippen molar-refractivity contribution in [1.29, 1.82) is 0 Å². The molecule has 0 aliphatic rings. The lowest BCUT2D eigenvalue weighted by atomic mass is 10.2. The fourth-order valence-corrected chi connectivity index (χ4v) is 2.20. The number of carboxylic acid groups (broad SMARTS) is 1. The number of aromatic nitrogens is 2. The predicted octanol–water partition coefficient (Wildman–Crippen LogP) is 2.80. The van der Waals surface area contributed by atoms with Crippen LogP contribution in [0, 0.1) is 0 Å². The Labute approximate surface area is 195 Å². The van der Waals surface area contributed by atoms with E-state index in [1.807, 2.05) is 0 Å². The van der Waals surface area contributed by atoms with Crippen molar-refractivity contribution in [3.05, 3.63) is 35.4 Å². The molecule has 33 heavy (non-hydrogen) atoms. The maximum absolute atomic E-state index is 11.2. The van der Waals surface area contributed by atoms with Crippen LogP contribution in [0.15, 0.2) is 29.7 Å². The van der Waals surface area contributed by atoms with Crippen molar-refractivity contribution in [3.63, 3.8) is 0 Å². The first-order chi connectivity index (χ1) is 15.8. The van der Waals surface area contributed by atoms with Crippen LogP contribution in [0.2, 0.25) is 0 Å². The van der Waals surface area contributed by atoms with Crippen LogP contribution in [0.25, 0.3) is 0 Å². The van der Waals surface area contributed by atoms with Gasteiger partial charge in [-0.1, -0.05) is 52.5 Å². The normalized spacial score (nSPS) is 9.39. The molecule has 0 atom stereocenters. The molecular formula is C22H39N5O6. The van der Waals surface area contributed by atoms with E-state index in [1.54, 1.807) is 0 Å². The van der Waals surface area contributed by atoms with Gasteiger partial charge in [-0.3, -0.25) is 15.1 Å². The van der Waals surface area contributed by atoms with E-state index < -0.39 is 17.7 Å². The number of aliphatic carboxylic acids is 1. The second-order valence-electron chi connectivity index (χ2n) is 6.81. The van der Waals surface area contributed by atoms with Crippen LogP contribution in [-0.2, 0) is 14.3 Å². The Kier molecular flexibility index (Phi) is 22.7. The van der Waals surface area contributed by atoms with Crippen LogP contribution in [-0.4, -0.2) is 52.7 Å². The molecule has 188 valence electrons. The number of urea groups is 1. The number of amides is 2. The molecule has 0 aromatic carbocycles. The van der Waals surface area contributed by atoms with Crippen LogP contribution in [0.3, 0.4) is 0 Å². The van der Waals surface area contributed by atoms with E-state index in [0.717, 1.165) is 38.4 Å². The van der Waals surface area contributed by atoms with Gasteiger partial charge in [0.2, 0.25) is 0 Å². The lowest BCUT2D eigenvalue weighted by Gasteiger charge is -2.06. The summed E-state index contributed by atoms with van der Waals surface area (Å²) in [6.45, 7) is 9.64. The Balaban J connectivity index is 0. The first-order valence-corrected chi connectivity index (χ1v) is 11.1. The largest absolute Gasteiger partial charge is 0.478 e. The number of carbonyl (C=O) groups excluding carboxylic acids is 2. The van der Waals surface area contributed by atoms with Gasteiger partial charge in [-0.05, 0) is 25.5 Å². The van der Waals surface area contributed by atoms with Crippen molar-refractivity contribution in [2.45, 2.75) is 65.2 Å². The minimum absolute atomic E-state index is 0.0498. The molecule has 6 N–H and O–H groups in total. The number of H-pyrrole nitrogens is 1. The van der Waals surface area contributed by atoms with Crippen LogP contribution < -0.4 is 22.1 Å². The zero-order valence-corrected chi connectivity index (χ0v) is 19.7. The van der Waals surface area contributed by atoms with Crippen molar-refractivity contribution >= 4 is 23.8 Å². The van der Waals surface area contributed by atoms with E-state index in [2.05, 4.69) is 41.0 Å². The minimum atomic E-state index is -0.981. The Morgan fingerprint density at radius 2 is 1.79 bits per heavy atom. The zero-order valence-electron chi connectivity index (χ0n) is 19.7. The average molecular weight is 470 g/mol. The number of rotatable bonds is 14. The summed E-state index contributed by atoms with van der Waals surface area (Å²) in [5.74, 6) is -0.797. The summed E-state index contributed by atoms with van der Waals surface area (Å²) in [5, 5.41) is 13.1. The number of nitrogens with one attached hydrogen (secondary N) is 3. The molecule has 1 aromatic rings. The van der Waals surface area contributed by atoms with Gasteiger partial charge >= 0.3 is 23.7 Å². The maximum atomic E-state index is 11.2. The van der Waals surface area contributed by atoms with E-state index >= 15 is 0 Å². The summed E-state index contributed by atoms with van der Waals surface area (Å²) >= 11 is 0. The molecule has 11 nitrogen and oxygen atoms in total. The third-order valence-corrected chi connectivity index (χ3v) is 3.84. The number of primary amides is 1. The third-order valence-electron chi connectivity index (χ3n) is 3.84. The molecule has 1 heterocycles. The molecule has 2 amide bonds. The predicted molar refractivity (Wildman–Crippen MR) is 128 cm³/mol. The highest BCUT2D eigenvalue weighted by Gasteiger charge is 2.01. The Hall–Kier alpha value is -3.21. The Morgan fingerprint density at radius 3 is 2.33 bits per heavy atom. The van der Waals surface area contributed by atoms with Crippen molar-refractivity contribution < 1.29 is 24.2 Å². The second kappa shape index (κ2) is 23.5. The molecule has 0 spiro atoms. The molecular weight excluding hydrogens is 430 g/mol. The molecule has 0 saturated carbocycles. The third kappa shape index (κ3) is 26.8. The first-order valence-electron chi connectivity index (χ1n) is 11.1. The highest BCUT2D eigenvalue weighted by molar-refractivity contribution is 5.86. The monoisotopic (exact) mass is 469 g/mol. The molecule has 1 rings (SSSR count). The first kappa shape index (κ1) is 32.0. The molecule has 0 saturated heterocycles.